The fourth-order valence-electron chi connectivity index (χ4n) is 1.07. The van der Waals surface area contributed by atoms with Crippen LogP contribution in [0.5, 0.6) is 0 Å². The molecule has 0 atom stereocenters. The molecule has 0 aromatic carbocycles. The van der Waals surface area contributed by atoms with Crippen LogP contribution in [0.2, 0.25) is 0 Å². The number of carboxylic acid groups (broad SMARTS) is 2. The molecule has 1 heterocycles. The zero-order valence-corrected chi connectivity index (χ0v) is 9.89. The summed E-state index contributed by atoms with van der Waals surface area (Å²) in [7, 11) is 0. The number of hydrogen-bond acceptors (Lipinski definition) is 7. The Bertz CT molecular complexity index is 627. The number of nitriles is 1. The van der Waals surface area contributed by atoms with Crippen molar-refractivity contribution in [1.29, 1.82) is 5.26 Å². The van der Waals surface area contributed by atoms with Gasteiger partial charge in [0.1, 0.15) is 29.6 Å². The molecule has 0 saturated heterocycles. The van der Waals surface area contributed by atoms with Crippen molar-refractivity contribution in [2.45, 2.75) is 6.42 Å². The lowest BCUT2D eigenvalue weighted by molar-refractivity contribution is -0.136. The Morgan fingerprint density at radius 2 is 2.00 bits per heavy atom. The molecule has 0 bridgehead atoms. The monoisotopic (exact) mass is 276 g/mol. The van der Waals surface area contributed by atoms with Crippen molar-refractivity contribution in [2.24, 2.45) is 10.2 Å². The van der Waals surface area contributed by atoms with E-state index in [1.54, 1.807) is 6.07 Å². The van der Waals surface area contributed by atoms with Gasteiger partial charge in [0, 0.05) is 0 Å². The lowest BCUT2D eigenvalue weighted by Crippen LogP contribution is -2.06. The van der Waals surface area contributed by atoms with E-state index < -0.39 is 29.8 Å². The van der Waals surface area contributed by atoms with Crippen molar-refractivity contribution in [3.63, 3.8) is 0 Å². The van der Waals surface area contributed by atoms with E-state index in [4.69, 9.17) is 15.5 Å². The summed E-state index contributed by atoms with van der Waals surface area (Å²) in [5.41, 5.74) is -0.589. The summed E-state index contributed by atoms with van der Waals surface area (Å²) in [6.45, 7) is 0. The molecule has 0 aliphatic carbocycles. The van der Waals surface area contributed by atoms with Gasteiger partial charge in [-0.1, -0.05) is 0 Å². The van der Waals surface area contributed by atoms with Gasteiger partial charge in [-0.25, -0.2) is 9.78 Å². The lowest BCUT2D eigenvalue weighted by atomic mass is 10.3. The second-order valence-electron chi connectivity index (χ2n) is 3.38. The van der Waals surface area contributed by atoms with Gasteiger partial charge in [0.25, 0.3) is 0 Å². The van der Waals surface area contributed by atoms with E-state index in [1.807, 2.05) is 0 Å². The molecule has 102 valence electrons. The molecular formula is C11H8N4O5. The Balaban J connectivity index is 3.01. The van der Waals surface area contributed by atoms with Crippen LogP contribution >= 0.6 is 0 Å². The van der Waals surface area contributed by atoms with E-state index in [9.17, 15) is 14.7 Å². The van der Waals surface area contributed by atoms with Crippen LogP contribution in [0.1, 0.15) is 12.1 Å². The van der Waals surface area contributed by atoms with E-state index >= 15 is 0 Å². The first-order chi connectivity index (χ1) is 9.43. The standard InChI is InChI=1S/C11H8N4O5/c12-4-6-1-2-7(5-13-6)14-15-10(11(19)20)8(16)3-9(17)18/h1-2,5,16H,3H2,(H,17,18)(H,19,20). The SMILES string of the molecule is N#Cc1ccc(N=NC(C(=O)O)=C(O)CC(=O)O)cn1. The molecule has 1 rings (SSSR count). The molecule has 3 N–H and O–H groups in total. The van der Waals surface area contributed by atoms with Gasteiger partial charge in [0.2, 0.25) is 5.70 Å². The van der Waals surface area contributed by atoms with Crippen LogP contribution < -0.4 is 0 Å². The van der Waals surface area contributed by atoms with Crippen LogP contribution in [0.25, 0.3) is 0 Å². The number of azo groups is 1. The predicted molar refractivity (Wildman–Crippen MR) is 63.0 cm³/mol. The Kier molecular flexibility index (Phi) is 4.88. The third kappa shape index (κ3) is 4.19. The molecule has 0 radical (unpaired) electrons. The Morgan fingerprint density at radius 3 is 2.45 bits per heavy atom. The normalized spacial score (nSPS) is 11.8. The highest BCUT2D eigenvalue weighted by Gasteiger charge is 2.16. The molecule has 9 heteroatoms. The molecule has 0 amide bonds. The van der Waals surface area contributed by atoms with E-state index in [0.717, 1.165) is 0 Å². The highest BCUT2D eigenvalue weighted by atomic mass is 16.4. The second kappa shape index (κ2) is 6.60. The summed E-state index contributed by atoms with van der Waals surface area (Å²) < 4.78 is 0. The fraction of sp³-hybridized carbons (Fsp3) is 0.0909. The van der Waals surface area contributed by atoms with Gasteiger partial charge < -0.3 is 15.3 Å². The number of aliphatic hydroxyl groups is 1. The third-order valence-corrected chi connectivity index (χ3v) is 1.92. The molecule has 0 unspecified atom stereocenters. The second-order valence-corrected chi connectivity index (χ2v) is 3.38. The van der Waals surface area contributed by atoms with Crippen molar-refractivity contribution in [3.8, 4) is 6.07 Å². The molecule has 0 aliphatic rings. The van der Waals surface area contributed by atoms with Gasteiger partial charge in [-0.15, -0.1) is 10.2 Å². The zero-order chi connectivity index (χ0) is 15.1. The van der Waals surface area contributed by atoms with Crippen LogP contribution in [-0.2, 0) is 9.59 Å². The lowest BCUT2D eigenvalue weighted by Gasteiger charge is -1.98. The van der Waals surface area contributed by atoms with Crippen molar-refractivity contribution in [3.05, 3.63) is 35.5 Å². The predicted octanol–water partition coefficient (Wildman–Crippen LogP) is 1.37. The topological polar surface area (TPSA) is 156 Å². The number of aliphatic carboxylic acids is 2. The Hall–Kier alpha value is -3.28. The van der Waals surface area contributed by atoms with Crippen molar-refractivity contribution in [2.75, 3.05) is 0 Å². The Labute approximate surface area is 112 Å². The number of carbonyl (C=O) groups is 2. The first-order valence-corrected chi connectivity index (χ1v) is 5.09. The zero-order valence-electron chi connectivity index (χ0n) is 9.89. The minimum Gasteiger partial charge on any atom is -0.509 e. The van der Waals surface area contributed by atoms with E-state index in [1.165, 1.54) is 18.3 Å². The van der Waals surface area contributed by atoms with Gasteiger partial charge in [0.05, 0.1) is 6.20 Å². The summed E-state index contributed by atoms with van der Waals surface area (Å²) in [4.78, 5) is 24.9. The Morgan fingerprint density at radius 1 is 1.30 bits per heavy atom. The first kappa shape index (κ1) is 14.8. The largest absolute Gasteiger partial charge is 0.509 e. The maximum absolute atomic E-state index is 10.8. The van der Waals surface area contributed by atoms with Crippen molar-refractivity contribution in [1.82, 2.24) is 4.98 Å². The first-order valence-electron chi connectivity index (χ1n) is 5.09. The summed E-state index contributed by atoms with van der Waals surface area (Å²) in [6.07, 6.45) is 0.294. The van der Waals surface area contributed by atoms with Crippen LogP contribution in [0, 0.1) is 11.3 Å². The quantitative estimate of drug-likeness (QED) is 0.416. The maximum atomic E-state index is 10.8. The smallest absolute Gasteiger partial charge is 0.359 e. The van der Waals surface area contributed by atoms with E-state index in [-0.39, 0.29) is 11.4 Å². The number of rotatable bonds is 5. The molecule has 0 fully saturated rings. The molecule has 9 nitrogen and oxygen atoms in total. The number of hydrogen-bond donors (Lipinski definition) is 3. The van der Waals surface area contributed by atoms with E-state index in [0.29, 0.717) is 0 Å². The highest BCUT2D eigenvalue weighted by molar-refractivity contribution is 5.87. The van der Waals surface area contributed by atoms with Gasteiger partial charge in [-0.05, 0) is 12.1 Å². The van der Waals surface area contributed by atoms with Crippen molar-refractivity contribution < 1.29 is 24.9 Å². The van der Waals surface area contributed by atoms with Crippen LogP contribution in [0.3, 0.4) is 0 Å². The number of aliphatic hydroxyl groups excluding tert-OH is 1. The number of pyridine rings is 1. The molecule has 1 aromatic heterocycles. The minimum atomic E-state index is -1.62. The summed E-state index contributed by atoms with van der Waals surface area (Å²) in [5.74, 6) is -3.94. The number of carboxylic acids is 2. The van der Waals surface area contributed by atoms with Gasteiger partial charge in [-0.3, -0.25) is 4.79 Å². The third-order valence-electron chi connectivity index (χ3n) is 1.92. The molecule has 0 aliphatic heterocycles. The molecule has 1 aromatic rings. The summed E-state index contributed by atoms with van der Waals surface area (Å²) >= 11 is 0. The number of aromatic nitrogens is 1. The molecular weight excluding hydrogens is 268 g/mol. The average molecular weight is 276 g/mol. The maximum Gasteiger partial charge on any atom is 0.359 e. The fourth-order valence-corrected chi connectivity index (χ4v) is 1.07. The van der Waals surface area contributed by atoms with Crippen molar-refractivity contribution >= 4 is 17.6 Å². The number of nitrogens with zero attached hydrogens (tertiary/aromatic N) is 4. The highest BCUT2D eigenvalue weighted by Crippen LogP contribution is 2.15. The molecule has 20 heavy (non-hydrogen) atoms. The van der Waals surface area contributed by atoms with Gasteiger partial charge in [-0.2, -0.15) is 5.26 Å². The summed E-state index contributed by atoms with van der Waals surface area (Å²) in [5, 5.41) is 41.9. The van der Waals surface area contributed by atoms with Crippen LogP contribution in [0.4, 0.5) is 5.69 Å². The minimum absolute atomic E-state index is 0.144. The average Bonchev–Trinajstić information content (AvgIpc) is 2.38. The van der Waals surface area contributed by atoms with Gasteiger partial charge in [0.15, 0.2) is 0 Å². The molecule has 0 saturated carbocycles. The van der Waals surface area contributed by atoms with E-state index in [2.05, 4.69) is 15.2 Å². The summed E-state index contributed by atoms with van der Waals surface area (Å²) in [6, 6.07) is 4.49. The van der Waals surface area contributed by atoms with Gasteiger partial charge >= 0.3 is 11.9 Å². The van der Waals surface area contributed by atoms with Crippen LogP contribution in [-0.4, -0.2) is 32.2 Å². The van der Waals surface area contributed by atoms with Crippen LogP contribution in [0.15, 0.2) is 40.0 Å². The molecule has 0 spiro atoms.